The van der Waals surface area contributed by atoms with Crippen molar-refractivity contribution in [3.8, 4) is 0 Å². The first kappa shape index (κ1) is 17.8. The molecule has 3 unspecified atom stereocenters. The zero-order valence-corrected chi connectivity index (χ0v) is 13.8. The highest BCUT2D eigenvalue weighted by atomic mass is 16.6. The quantitative estimate of drug-likeness (QED) is 0.814. The molecular formula is C17H21NO6. The molecule has 130 valence electrons. The molecule has 0 saturated heterocycles. The Morgan fingerprint density at radius 3 is 2.58 bits per heavy atom. The lowest BCUT2D eigenvalue weighted by Crippen LogP contribution is -2.50. The van der Waals surface area contributed by atoms with Crippen molar-refractivity contribution in [1.82, 2.24) is 5.32 Å². The van der Waals surface area contributed by atoms with Crippen LogP contribution in [0.5, 0.6) is 0 Å². The first-order chi connectivity index (χ1) is 11.4. The number of hydrogen-bond acceptors (Lipinski definition) is 6. The van der Waals surface area contributed by atoms with E-state index in [1.165, 1.54) is 14.0 Å². The minimum absolute atomic E-state index is 0.100. The van der Waals surface area contributed by atoms with Crippen LogP contribution in [0.3, 0.4) is 0 Å². The summed E-state index contributed by atoms with van der Waals surface area (Å²) in [7, 11) is 1.24. The van der Waals surface area contributed by atoms with Crippen LogP contribution in [-0.4, -0.2) is 36.6 Å². The highest BCUT2D eigenvalue weighted by Crippen LogP contribution is 2.28. The predicted molar refractivity (Wildman–Crippen MR) is 84.5 cm³/mol. The van der Waals surface area contributed by atoms with Gasteiger partial charge in [0.05, 0.1) is 18.7 Å². The van der Waals surface area contributed by atoms with Crippen molar-refractivity contribution in [3.05, 3.63) is 47.2 Å². The van der Waals surface area contributed by atoms with E-state index in [-0.39, 0.29) is 17.9 Å². The van der Waals surface area contributed by atoms with E-state index in [1.54, 1.807) is 6.92 Å². The van der Waals surface area contributed by atoms with Crippen LogP contribution in [0, 0.1) is 5.92 Å². The summed E-state index contributed by atoms with van der Waals surface area (Å²) < 4.78 is 15.1. The minimum atomic E-state index is -1.14. The lowest BCUT2D eigenvalue weighted by Gasteiger charge is -2.35. The fourth-order valence-electron chi connectivity index (χ4n) is 2.47. The number of aliphatic hydroxyl groups excluding tert-OH is 1. The maximum Gasteiger partial charge on any atom is 0.407 e. The molecule has 1 aliphatic heterocycles. The van der Waals surface area contributed by atoms with Crippen LogP contribution < -0.4 is 5.32 Å². The largest absolute Gasteiger partial charge is 0.469 e. The van der Waals surface area contributed by atoms with Crippen LogP contribution in [0.1, 0.15) is 19.4 Å². The summed E-state index contributed by atoms with van der Waals surface area (Å²) >= 11 is 0. The molecule has 1 amide bonds. The Morgan fingerprint density at radius 2 is 1.96 bits per heavy atom. The number of aliphatic hydroxyl groups is 1. The molecule has 7 heteroatoms. The zero-order chi connectivity index (χ0) is 17.7. The number of carbonyl (C=O) groups excluding carboxylic acids is 2. The molecule has 0 aliphatic carbocycles. The Morgan fingerprint density at radius 1 is 1.29 bits per heavy atom. The third-order valence-electron chi connectivity index (χ3n) is 3.85. The van der Waals surface area contributed by atoms with Crippen LogP contribution in [0.15, 0.2) is 41.7 Å². The van der Waals surface area contributed by atoms with Crippen molar-refractivity contribution in [1.29, 1.82) is 0 Å². The molecule has 2 rings (SSSR count). The molecule has 2 N–H and O–H groups in total. The van der Waals surface area contributed by atoms with Gasteiger partial charge in [0.25, 0.3) is 0 Å². The number of ether oxygens (including phenoxy) is 3. The molecular weight excluding hydrogens is 314 g/mol. The van der Waals surface area contributed by atoms with Gasteiger partial charge in [0.2, 0.25) is 6.29 Å². The summed E-state index contributed by atoms with van der Waals surface area (Å²) in [5, 5.41) is 12.5. The fourth-order valence-corrected chi connectivity index (χ4v) is 2.47. The Bertz CT molecular complexity index is 627. The van der Waals surface area contributed by atoms with E-state index in [0.29, 0.717) is 0 Å². The van der Waals surface area contributed by atoms with E-state index >= 15 is 0 Å². The number of hydrogen-bond donors (Lipinski definition) is 2. The van der Waals surface area contributed by atoms with E-state index < -0.39 is 30.3 Å². The number of rotatable bonds is 4. The molecule has 0 aromatic heterocycles. The molecule has 0 fully saturated rings. The van der Waals surface area contributed by atoms with Gasteiger partial charge < -0.3 is 24.6 Å². The molecule has 1 heterocycles. The number of amides is 1. The van der Waals surface area contributed by atoms with Crippen molar-refractivity contribution in [3.63, 3.8) is 0 Å². The van der Waals surface area contributed by atoms with Crippen LogP contribution in [-0.2, 0) is 25.6 Å². The van der Waals surface area contributed by atoms with Crippen LogP contribution in [0.4, 0.5) is 4.79 Å². The maximum atomic E-state index is 12.1. The van der Waals surface area contributed by atoms with Gasteiger partial charge >= 0.3 is 12.1 Å². The Kier molecular flexibility index (Phi) is 5.81. The van der Waals surface area contributed by atoms with Crippen molar-refractivity contribution in [2.45, 2.75) is 32.8 Å². The zero-order valence-electron chi connectivity index (χ0n) is 13.8. The minimum Gasteiger partial charge on any atom is -0.469 e. The maximum absolute atomic E-state index is 12.1. The molecule has 1 aromatic carbocycles. The van der Waals surface area contributed by atoms with Gasteiger partial charge in [-0.2, -0.15) is 0 Å². The highest BCUT2D eigenvalue weighted by Gasteiger charge is 2.40. The van der Waals surface area contributed by atoms with Crippen LogP contribution in [0.25, 0.3) is 0 Å². The van der Waals surface area contributed by atoms with Crippen LogP contribution >= 0.6 is 0 Å². The van der Waals surface area contributed by atoms with E-state index in [4.69, 9.17) is 14.2 Å². The predicted octanol–water partition coefficient (Wildman–Crippen LogP) is 1.71. The topological polar surface area (TPSA) is 94.1 Å². The highest BCUT2D eigenvalue weighted by molar-refractivity contribution is 5.91. The second-order valence-corrected chi connectivity index (χ2v) is 5.51. The first-order valence-corrected chi connectivity index (χ1v) is 7.55. The number of methoxy groups -OCH3 is 1. The average molecular weight is 335 g/mol. The number of esters is 1. The molecule has 3 atom stereocenters. The van der Waals surface area contributed by atoms with Gasteiger partial charge in [0.1, 0.15) is 12.4 Å². The van der Waals surface area contributed by atoms with E-state index in [0.717, 1.165) is 5.56 Å². The second kappa shape index (κ2) is 7.83. The van der Waals surface area contributed by atoms with Crippen molar-refractivity contribution >= 4 is 12.1 Å². The van der Waals surface area contributed by atoms with Gasteiger partial charge in [0, 0.05) is 5.92 Å². The lowest BCUT2D eigenvalue weighted by atomic mass is 9.90. The fraction of sp³-hybridized carbons (Fsp3) is 0.412. The lowest BCUT2D eigenvalue weighted by molar-refractivity contribution is -0.143. The van der Waals surface area contributed by atoms with Crippen molar-refractivity contribution in [2.75, 3.05) is 7.11 Å². The molecule has 0 saturated carbocycles. The summed E-state index contributed by atoms with van der Waals surface area (Å²) in [5.41, 5.74) is 1.000. The molecule has 0 radical (unpaired) electrons. The number of alkyl carbamates (subject to hydrolysis) is 1. The number of nitrogens with one attached hydrogen (secondary N) is 1. The Hall–Kier alpha value is -2.54. The standard InChI is InChI=1S/C17H21NO6/c1-10-14(13(16(20)22-3)11(2)24-15(10)19)18-17(21)23-9-12-7-5-4-6-8-12/h4-8,10,14-15,19H,9H2,1-3H3,(H,18,21). The van der Waals surface area contributed by atoms with Gasteiger partial charge in [-0.15, -0.1) is 0 Å². The van der Waals surface area contributed by atoms with E-state index in [1.807, 2.05) is 30.3 Å². The summed E-state index contributed by atoms with van der Waals surface area (Å²) in [6, 6.07) is 8.44. The molecule has 24 heavy (non-hydrogen) atoms. The van der Waals surface area contributed by atoms with E-state index in [9.17, 15) is 14.7 Å². The third-order valence-corrected chi connectivity index (χ3v) is 3.85. The van der Waals surface area contributed by atoms with Gasteiger partial charge in [-0.05, 0) is 12.5 Å². The SMILES string of the molecule is COC(=O)C1=C(C)OC(O)C(C)C1NC(=O)OCc1ccccc1. The molecule has 7 nitrogen and oxygen atoms in total. The number of carbonyl (C=O) groups is 2. The monoisotopic (exact) mass is 335 g/mol. The van der Waals surface area contributed by atoms with Crippen molar-refractivity contribution < 1.29 is 28.9 Å². The molecule has 1 aliphatic rings. The molecule has 0 spiro atoms. The summed E-state index contributed by atoms with van der Waals surface area (Å²) in [6.07, 6.45) is -1.84. The third kappa shape index (κ3) is 4.05. The molecule has 0 bridgehead atoms. The van der Waals surface area contributed by atoms with Crippen LogP contribution in [0.2, 0.25) is 0 Å². The molecule has 1 aromatic rings. The normalized spacial score (nSPS) is 23.2. The Balaban J connectivity index is 2.08. The average Bonchev–Trinajstić information content (AvgIpc) is 2.58. The van der Waals surface area contributed by atoms with Gasteiger partial charge in [-0.3, -0.25) is 0 Å². The summed E-state index contributed by atoms with van der Waals surface area (Å²) in [5.74, 6) is -0.965. The Labute approximate surface area is 140 Å². The first-order valence-electron chi connectivity index (χ1n) is 7.55. The number of benzene rings is 1. The summed E-state index contributed by atoms with van der Waals surface area (Å²) in [4.78, 5) is 24.0. The summed E-state index contributed by atoms with van der Waals surface area (Å²) in [6.45, 7) is 3.29. The smallest absolute Gasteiger partial charge is 0.407 e. The second-order valence-electron chi connectivity index (χ2n) is 5.51. The van der Waals surface area contributed by atoms with E-state index in [2.05, 4.69) is 5.32 Å². The number of allylic oxidation sites excluding steroid dienone is 1. The van der Waals surface area contributed by atoms with Crippen molar-refractivity contribution in [2.24, 2.45) is 5.92 Å². The van der Waals surface area contributed by atoms with Gasteiger partial charge in [-0.25, -0.2) is 9.59 Å². The van der Waals surface area contributed by atoms with Gasteiger partial charge in [0.15, 0.2) is 0 Å². The van der Waals surface area contributed by atoms with Gasteiger partial charge in [-0.1, -0.05) is 37.3 Å².